The van der Waals surface area contributed by atoms with Gasteiger partial charge in [-0.3, -0.25) is 4.79 Å². The number of rotatable bonds is 9. The van der Waals surface area contributed by atoms with E-state index < -0.39 is 0 Å². The van der Waals surface area contributed by atoms with Crippen molar-refractivity contribution in [2.24, 2.45) is 0 Å². The molecule has 0 aliphatic rings. The van der Waals surface area contributed by atoms with E-state index in [4.69, 9.17) is 9.47 Å². The summed E-state index contributed by atoms with van der Waals surface area (Å²) in [6, 6.07) is 9.49. The molecule has 0 aliphatic carbocycles. The molecule has 6 heteroatoms. The van der Waals surface area contributed by atoms with Crippen molar-refractivity contribution in [3.05, 3.63) is 46.7 Å². The summed E-state index contributed by atoms with van der Waals surface area (Å²) in [5, 5.41) is 7.08. The van der Waals surface area contributed by atoms with Crippen molar-refractivity contribution in [3.63, 3.8) is 0 Å². The van der Waals surface area contributed by atoms with Crippen LogP contribution in [0.5, 0.6) is 11.5 Å². The summed E-state index contributed by atoms with van der Waals surface area (Å²) in [7, 11) is 4.01. The van der Waals surface area contributed by atoms with E-state index in [1.165, 1.54) is 5.56 Å². The first kappa shape index (κ1) is 18.3. The minimum Gasteiger partial charge on any atom is -0.494 e. The molecule has 5 nitrogen and oxygen atoms in total. The van der Waals surface area contributed by atoms with E-state index in [1.807, 2.05) is 38.5 Å². The number of nitrogens with one attached hydrogen (secondary N) is 1. The quantitative estimate of drug-likeness (QED) is 0.757. The highest BCUT2D eigenvalue weighted by Crippen LogP contribution is 2.20. The van der Waals surface area contributed by atoms with Gasteiger partial charge in [-0.05, 0) is 67.7 Å². The van der Waals surface area contributed by atoms with Gasteiger partial charge in [-0.2, -0.15) is 11.3 Å². The molecule has 1 unspecified atom stereocenters. The Balaban J connectivity index is 1.78. The molecule has 0 radical (unpaired) electrons. The highest BCUT2D eigenvalue weighted by atomic mass is 32.1. The highest BCUT2D eigenvalue weighted by Gasteiger charge is 2.15. The lowest BCUT2D eigenvalue weighted by Crippen LogP contribution is -2.36. The second kappa shape index (κ2) is 9.30. The fourth-order valence-corrected chi connectivity index (χ4v) is 2.98. The molecule has 0 saturated carbocycles. The number of benzene rings is 1. The Bertz CT molecular complexity index is 612. The lowest BCUT2D eigenvalue weighted by atomic mass is 10.1. The third-order valence-electron chi connectivity index (χ3n) is 3.55. The van der Waals surface area contributed by atoms with Crippen LogP contribution in [0.15, 0.2) is 41.1 Å². The number of likely N-dealkylation sites (N-methyl/N-ethyl adjacent to an activating group) is 1. The molecule has 0 bridgehead atoms. The number of ether oxygens (including phenoxy) is 2. The zero-order chi connectivity index (χ0) is 17.4. The van der Waals surface area contributed by atoms with Crippen LogP contribution in [-0.4, -0.2) is 44.7 Å². The maximum atomic E-state index is 12.0. The monoisotopic (exact) mass is 348 g/mol. The zero-order valence-corrected chi connectivity index (χ0v) is 15.1. The van der Waals surface area contributed by atoms with Crippen molar-refractivity contribution >= 4 is 17.2 Å². The molecule has 2 rings (SSSR count). The van der Waals surface area contributed by atoms with Gasteiger partial charge in [0, 0.05) is 6.54 Å². The van der Waals surface area contributed by atoms with Crippen LogP contribution in [0.2, 0.25) is 0 Å². The Labute approximate surface area is 147 Å². The van der Waals surface area contributed by atoms with Gasteiger partial charge >= 0.3 is 0 Å². The van der Waals surface area contributed by atoms with Crippen LogP contribution < -0.4 is 14.8 Å². The van der Waals surface area contributed by atoms with Crippen LogP contribution in [-0.2, 0) is 4.79 Å². The van der Waals surface area contributed by atoms with Gasteiger partial charge in [0.2, 0.25) is 0 Å². The predicted molar refractivity (Wildman–Crippen MR) is 96.9 cm³/mol. The smallest absolute Gasteiger partial charge is 0.258 e. The molecule has 0 spiro atoms. The van der Waals surface area contributed by atoms with E-state index in [-0.39, 0.29) is 18.6 Å². The molecule has 1 N–H and O–H groups in total. The number of nitrogens with zero attached hydrogens (tertiary/aromatic N) is 1. The summed E-state index contributed by atoms with van der Waals surface area (Å²) in [5.74, 6) is 1.31. The number of hydrogen-bond donors (Lipinski definition) is 1. The van der Waals surface area contributed by atoms with Gasteiger partial charge in [-0.1, -0.05) is 0 Å². The Morgan fingerprint density at radius 3 is 2.38 bits per heavy atom. The van der Waals surface area contributed by atoms with Crippen molar-refractivity contribution < 1.29 is 14.3 Å². The van der Waals surface area contributed by atoms with E-state index in [1.54, 1.807) is 23.5 Å². The second-order valence-corrected chi connectivity index (χ2v) is 6.31. The fourth-order valence-electron chi connectivity index (χ4n) is 2.27. The largest absolute Gasteiger partial charge is 0.494 e. The van der Waals surface area contributed by atoms with Gasteiger partial charge in [0.15, 0.2) is 6.61 Å². The molecule has 2 aromatic rings. The van der Waals surface area contributed by atoms with Gasteiger partial charge < -0.3 is 19.7 Å². The molecule has 1 amide bonds. The van der Waals surface area contributed by atoms with E-state index in [2.05, 4.69) is 21.7 Å². The van der Waals surface area contributed by atoms with Crippen LogP contribution in [0.1, 0.15) is 18.5 Å². The Morgan fingerprint density at radius 1 is 1.17 bits per heavy atom. The second-order valence-electron chi connectivity index (χ2n) is 5.53. The summed E-state index contributed by atoms with van der Waals surface area (Å²) < 4.78 is 10.9. The molecule has 1 aromatic heterocycles. The van der Waals surface area contributed by atoms with E-state index >= 15 is 0 Å². The maximum Gasteiger partial charge on any atom is 0.258 e. The summed E-state index contributed by atoms with van der Waals surface area (Å²) in [4.78, 5) is 14.1. The van der Waals surface area contributed by atoms with Crippen LogP contribution in [0.4, 0.5) is 0 Å². The average molecular weight is 348 g/mol. The molecular formula is C18H24N2O3S. The van der Waals surface area contributed by atoms with Crippen LogP contribution in [0.25, 0.3) is 0 Å². The highest BCUT2D eigenvalue weighted by molar-refractivity contribution is 7.07. The van der Waals surface area contributed by atoms with Crippen LogP contribution in [0.3, 0.4) is 0 Å². The predicted octanol–water partition coefficient (Wildman–Crippen LogP) is 2.94. The molecule has 1 heterocycles. The van der Waals surface area contributed by atoms with Gasteiger partial charge in [-0.15, -0.1) is 0 Å². The standard InChI is InChI=1S/C18H24N2O3S/c1-4-22-15-5-7-16(8-6-15)23-12-18(21)19-11-17(20(2)3)14-9-10-24-13-14/h5-10,13,17H,4,11-12H2,1-3H3,(H,19,21). The van der Waals surface area contributed by atoms with Crippen molar-refractivity contribution in [2.45, 2.75) is 13.0 Å². The molecule has 130 valence electrons. The van der Waals surface area contributed by atoms with Crippen molar-refractivity contribution in [3.8, 4) is 11.5 Å². The molecule has 0 saturated heterocycles. The minimum absolute atomic E-state index is 0.00222. The summed E-state index contributed by atoms with van der Waals surface area (Å²) >= 11 is 1.66. The maximum absolute atomic E-state index is 12.0. The summed E-state index contributed by atoms with van der Waals surface area (Å²) in [6.07, 6.45) is 0. The fraction of sp³-hybridized carbons (Fsp3) is 0.389. The molecule has 0 fully saturated rings. The first-order valence-electron chi connectivity index (χ1n) is 7.91. The minimum atomic E-state index is -0.133. The van der Waals surface area contributed by atoms with E-state index in [9.17, 15) is 4.79 Å². The summed E-state index contributed by atoms with van der Waals surface area (Å²) in [5.41, 5.74) is 1.21. The molecule has 1 atom stereocenters. The lowest BCUT2D eigenvalue weighted by molar-refractivity contribution is -0.123. The SMILES string of the molecule is CCOc1ccc(OCC(=O)NCC(c2ccsc2)N(C)C)cc1. The Hall–Kier alpha value is -2.05. The zero-order valence-electron chi connectivity index (χ0n) is 14.3. The molecule has 24 heavy (non-hydrogen) atoms. The average Bonchev–Trinajstić information content (AvgIpc) is 3.08. The van der Waals surface area contributed by atoms with Crippen LogP contribution >= 0.6 is 11.3 Å². The van der Waals surface area contributed by atoms with Gasteiger partial charge in [0.25, 0.3) is 5.91 Å². The number of carbonyl (C=O) groups is 1. The van der Waals surface area contributed by atoms with Crippen molar-refractivity contribution in [1.29, 1.82) is 0 Å². The third kappa shape index (κ3) is 5.54. The topological polar surface area (TPSA) is 50.8 Å². The van der Waals surface area contributed by atoms with E-state index in [0.717, 1.165) is 5.75 Å². The summed E-state index contributed by atoms with van der Waals surface area (Å²) in [6.45, 7) is 3.11. The van der Waals surface area contributed by atoms with Gasteiger partial charge in [0.1, 0.15) is 11.5 Å². The van der Waals surface area contributed by atoms with Gasteiger partial charge in [-0.25, -0.2) is 0 Å². The number of thiophene rings is 1. The van der Waals surface area contributed by atoms with Crippen LogP contribution in [0, 0.1) is 0 Å². The number of amides is 1. The Kier molecular flexibility index (Phi) is 7.08. The number of hydrogen-bond acceptors (Lipinski definition) is 5. The first-order valence-corrected chi connectivity index (χ1v) is 8.85. The normalized spacial score (nSPS) is 12.0. The van der Waals surface area contributed by atoms with E-state index in [0.29, 0.717) is 18.9 Å². The lowest BCUT2D eigenvalue weighted by Gasteiger charge is -2.24. The molecule has 1 aromatic carbocycles. The molecule has 0 aliphatic heterocycles. The van der Waals surface area contributed by atoms with Crippen molar-refractivity contribution in [1.82, 2.24) is 10.2 Å². The first-order chi connectivity index (χ1) is 11.6. The third-order valence-corrected chi connectivity index (χ3v) is 4.25. The van der Waals surface area contributed by atoms with Gasteiger partial charge in [0.05, 0.1) is 12.6 Å². The van der Waals surface area contributed by atoms with Crippen molar-refractivity contribution in [2.75, 3.05) is 33.9 Å². The molecular weight excluding hydrogens is 324 g/mol. The number of carbonyl (C=O) groups excluding carboxylic acids is 1. The Morgan fingerprint density at radius 2 is 1.83 bits per heavy atom.